The van der Waals surface area contributed by atoms with E-state index in [1.807, 2.05) is 0 Å². The normalized spacial score (nSPS) is 34.8. The Labute approximate surface area is 133 Å². The van der Waals surface area contributed by atoms with E-state index in [2.05, 4.69) is 0 Å². The van der Waals surface area contributed by atoms with Crippen molar-refractivity contribution < 1.29 is 37.8 Å². The monoisotopic (exact) mass is 346 g/mol. The highest BCUT2D eigenvalue weighted by atomic mass is 31.2. The van der Waals surface area contributed by atoms with Crippen LogP contribution in [0.25, 0.3) is 0 Å². The predicted molar refractivity (Wildman–Crippen MR) is 77.6 cm³/mol. The summed E-state index contributed by atoms with van der Waals surface area (Å²) < 4.78 is 39.1. The van der Waals surface area contributed by atoms with Crippen LogP contribution in [0, 0.1) is 0 Å². The van der Waals surface area contributed by atoms with E-state index in [4.69, 9.17) is 23.3 Å². The molecular weight excluding hydrogens is 327 g/mol. The molecule has 0 aromatic heterocycles. The third-order valence-corrected chi connectivity index (χ3v) is 4.44. The Bertz CT molecular complexity index is 592. The first-order chi connectivity index (χ1) is 10.8. The zero-order valence-electron chi connectivity index (χ0n) is 12.7. The van der Waals surface area contributed by atoms with Crippen LogP contribution in [0.4, 0.5) is 0 Å². The Morgan fingerprint density at radius 1 is 1.26 bits per heavy atom. The van der Waals surface area contributed by atoms with Gasteiger partial charge >= 0.3 is 7.82 Å². The largest absolute Gasteiger partial charge is 0.527 e. The number of aliphatic hydroxyl groups is 1. The molecule has 5 atom stereocenters. The van der Waals surface area contributed by atoms with Crippen molar-refractivity contribution >= 4 is 7.82 Å². The lowest BCUT2D eigenvalue weighted by atomic mass is 10.1. The Kier molecular flexibility index (Phi) is 4.50. The summed E-state index contributed by atoms with van der Waals surface area (Å²) in [7, 11) is -4.43. The lowest BCUT2D eigenvalue weighted by Crippen LogP contribution is -2.38. The minimum Gasteiger partial charge on any atom is -0.404 e. The average Bonchev–Trinajstić information content (AvgIpc) is 2.92. The summed E-state index contributed by atoms with van der Waals surface area (Å²) in [5, 5.41) is 9.38. The number of phosphoric ester groups is 1. The highest BCUT2D eigenvalue weighted by Gasteiger charge is 2.57. The van der Waals surface area contributed by atoms with Crippen LogP contribution in [0.2, 0.25) is 0 Å². The quantitative estimate of drug-likeness (QED) is 0.772. The van der Waals surface area contributed by atoms with E-state index in [9.17, 15) is 14.6 Å². The first-order valence-corrected chi connectivity index (χ1v) is 8.67. The van der Waals surface area contributed by atoms with Gasteiger partial charge in [0.2, 0.25) is 0 Å². The number of fused-ring (bicyclic) bond motifs is 1. The summed E-state index contributed by atoms with van der Waals surface area (Å²) in [6, 6.07) is 8.14. The van der Waals surface area contributed by atoms with Crippen LogP contribution in [0.5, 0.6) is 5.75 Å². The van der Waals surface area contributed by atoms with E-state index < -0.39 is 44.8 Å². The van der Waals surface area contributed by atoms with E-state index in [0.29, 0.717) is 0 Å². The predicted octanol–water partition coefficient (Wildman–Crippen LogP) is 1.42. The smallest absolute Gasteiger partial charge is 0.404 e. The molecule has 0 aliphatic carbocycles. The second-order valence-corrected chi connectivity index (χ2v) is 7.10. The third kappa shape index (κ3) is 3.75. The summed E-state index contributed by atoms with van der Waals surface area (Å²) in [6.45, 7) is 2.98. The summed E-state index contributed by atoms with van der Waals surface area (Å²) in [4.78, 5) is 9.97. The fraction of sp³-hybridized carbons (Fsp3) is 0.571. The van der Waals surface area contributed by atoms with Gasteiger partial charge in [0.15, 0.2) is 12.1 Å². The molecule has 0 amide bonds. The van der Waals surface area contributed by atoms with Crippen molar-refractivity contribution in [2.24, 2.45) is 0 Å². The molecule has 2 aliphatic heterocycles. The average molecular weight is 346 g/mol. The van der Waals surface area contributed by atoms with Crippen LogP contribution in [0.3, 0.4) is 0 Å². The van der Waals surface area contributed by atoms with Crippen LogP contribution in [0.15, 0.2) is 30.3 Å². The van der Waals surface area contributed by atoms with Crippen molar-refractivity contribution in [3.63, 3.8) is 0 Å². The summed E-state index contributed by atoms with van der Waals surface area (Å²) >= 11 is 0. The standard InChI is InChI=1S/C14H19O8P/c1-14(2)19-12-11(10(8-15)18-13(12)20-14)22-23(16,17)21-9-6-4-3-5-7-9/h3-7,10-13,15H,8H2,1-2H3,(H,16,17)/t10-,11+,12-,13-/m1/s1. The highest BCUT2D eigenvalue weighted by molar-refractivity contribution is 7.47. The van der Waals surface area contributed by atoms with Gasteiger partial charge in [-0.15, -0.1) is 0 Å². The van der Waals surface area contributed by atoms with E-state index in [0.717, 1.165) is 0 Å². The minimum atomic E-state index is -4.43. The zero-order chi connectivity index (χ0) is 16.7. The molecule has 2 N–H and O–H groups in total. The molecule has 0 radical (unpaired) electrons. The van der Waals surface area contributed by atoms with Gasteiger partial charge in [0.05, 0.1) is 6.61 Å². The van der Waals surface area contributed by atoms with Crippen LogP contribution >= 0.6 is 7.82 Å². The molecule has 2 aliphatic rings. The van der Waals surface area contributed by atoms with Gasteiger partial charge in [-0.3, -0.25) is 9.42 Å². The Hall–Kier alpha value is -0.990. The lowest BCUT2D eigenvalue weighted by Gasteiger charge is -2.26. The van der Waals surface area contributed by atoms with Gasteiger partial charge in [-0.1, -0.05) is 18.2 Å². The summed E-state index contributed by atoms with van der Waals surface area (Å²) in [5.74, 6) is -0.713. The maximum Gasteiger partial charge on any atom is 0.527 e. The molecule has 128 valence electrons. The number of benzene rings is 1. The van der Waals surface area contributed by atoms with Gasteiger partial charge in [0.1, 0.15) is 24.1 Å². The number of para-hydroxylation sites is 1. The van der Waals surface area contributed by atoms with Crippen molar-refractivity contribution in [3.8, 4) is 5.75 Å². The number of hydrogen-bond acceptors (Lipinski definition) is 7. The maximum absolute atomic E-state index is 12.2. The Balaban J connectivity index is 1.73. The molecule has 2 saturated heterocycles. The molecule has 1 unspecified atom stereocenters. The Morgan fingerprint density at radius 3 is 2.61 bits per heavy atom. The van der Waals surface area contributed by atoms with Gasteiger partial charge in [0.25, 0.3) is 0 Å². The topological polar surface area (TPSA) is 104 Å². The van der Waals surface area contributed by atoms with Crippen molar-refractivity contribution in [2.75, 3.05) is 6.61 Å². The van der Waals surface area contributed by atoms with E-state index in [-0.39, 0.29) is 5.75 Å². The molecule has 1 aromatic rings. The van der Waals surface area contributed by atoms with Crippen molar-refractivity contribution in [2.45, 2.75) is 44.2 Å². The maximum atomic E-state index is 12.2. The molecule has 0 spiro atoms. The Morgan fingerprint density at radius 2 is 1.96 bits per heavy atom. The summed E-state index contributed by atoms with van der Waals surface area (Å²) in [6.07, 6.45) is -3.35. The van der Waals surface area contributed by atoms with Crippen LogP contribution in [-0.4, -0.2) is 47.0 Å². The highest BCUT2D eigenvalue weighted by Crippen LogP contribution is 2.49. The number of rotatable bonds is 5. The molecule has 23 heavy (non-hydrogen) atoms. The first kappa shape index (κ1) is 16.9. The molecule has 0 bridgehead atoms. The van der Waals surface area contributed by atoms with Crippen LogP contribution in [0.1, 0.15) is 13.8 Å². The van der Waals surface area contributed by atoms with Crippen molar-refractivity contribution in [3.05, 3.63) is 30.3 Å². The van der Waals surface area contributed by atoms with Gasteiger partial charge in [-0.25, -0.2) is 4.57 Å². The van der Waals surface area contributed by atoms with Crippen molar-refractivity contribution in [1.82, 2.24) is 0 Å². The minimum absolute atomic E-state index is 0.193. The molecular formula is C14H19O8P. The number of ether oxygens (including phenoxy) is 3. The van der Waals surface area contributed by atoms with Crippen LogP contribution in [-0.2, 0) is 23.3 Å². The zero-order valence-corrected chi connectivity index (χ0v) is 13.6. The van der Waals surface area contributed by atoms with Gasteiger partial charge in [-0.2, -0.15) is 0 Å². The molecule has 1 aromatic carbocycles. The van der Waals surface area contributed by atoms with Gasteiger partial charge in [-0.05, 0) is 26.0 Å². The molecule has 0 saturated carbocycles. The molecule has 8 nitrogen and oxygen atoms in total. The molecule has 3 rings (SSSR count). The third-order valence-electron chi connectivity index (χ3n) is 3.49. The van der Waals surface area contributed by atoms with Gasteiger partial charge in [0, 0.05) is 0 Å². The molecule has 9 heteroatoms. The number of phosphoric acid groups is 1. The number of aliphatic hydroxyl groups excluding tert-OH is 1. The van der Waals surface area contributed by atoms with E-state index >= 15 is 0 Å². The fourth-order valence-corrected chi connectivity index (χ4v) is 3.61. The summed E-state index contributed by atoms with van der Waals surface area (Å²) in [5.41, 5.74) is 0. The van der Waals surface area contributed by atoms with Gasteiger partial charge < -0.3 is 23.8 Å². The van der Waals surface area contributed by atoms with Crippen molar-refractivity contribution in [1.29, 1.82) is 0 Å². The fourth-order valence-electron chi connectivity index (χ4n) is 2.61. The van der Waals surface area contributed by atoms with E-state index in [1.54, 1.807) is 32.0 Å². The first-order valence-electron chi connectivity index (χ1n) is 7.17. The second-order valence-electron chi connectivity index (χ2n) is 5.77. The molecule has 2 fully saturated rings. The van der Waals surface area contributed by atoms with E-state index in [1.165, 1.54) is 12.1 Å². The number of hydrogen-bond donors (Lipinski definition) is 2. The van der Waals surface area contributed by atoms with Crippen LogP contribution < -0.4 is 4.52 Å². The molecule has 2 heterocycles. The SMILES string of the molecule is CC1(C)O[C@H]2O[C@H](CO)[C@H](OP(=O)(O)Oc3ccccc3)[C@H]2O1. The lowest BCUT2D eigenvalue weighted by molar-refractivity contribution is -0.217. The second kappa shape index (κ2) is 6.14.